The normalized spacial score (nSPS) is 10.6. The first-order chi connectivity index (χ1) is 13.9. The Labute approximate surface area is 174 Å². The van der Waals surface area contributed by atoms with Gasteiger partial charge in [0.2, 0.25) is 0 Å². The number of nitrogens with zero attached hydrogens (tertiary/aromatic N) is 2. The number of nitrogens with one attached hydrogen (secondary N) is 1. The van der Waals surface area contributed by atoms with Gasteiger partial charge in [0.15, 0.2) is 6.61 Å². The SMILES string of the molecule is Cc1c(Cl)cccc1NC(=O)COC(=O)c1cc(C)n(Cc2ccccn2)c1C. The third-order valence-corrected chi connectivity index (χ3v) is 5.13. The molecular weight excluding hydrogens is 390 g/mol. The molecule has 0 aliphatic rings. The van der Waals surface area contributed by atoms with E-state index in [1.807, 2.05) is 36.6 Å². The van der Waals surface area contributed by atoms with Crippen LogP contribution in [0.3, 0.4) is 0 Å². The Morgan fingerprint density at radius 1 is 1.14 bits per heavy atom. The van der Waals surface area contributed by atoms with Crippen LogP contribution in [0.5, 0.6) is 0 Å². The van der Waals surface area contributed by atoms with Crippen LogP contribution in [0, 0.1) is 20.8 Å². The van der Waals surface area contributed by atoms with Crippen molar-refractivity contribution >= 4 is 29.2 Å². The summed E-state index contributed by atoms with van der Waals surface area (Å²) in [5, 5.41) is 3.26. The highest BCUT2D eigenvalue weighted by molar-refractivity contribution is 6.31. The minimum absolute atomic E-state index is 0.380. The molecule has 0 saturated carbocycles. The molecule has 0 fully saturated rings. The maximum atomic E-state index is 12.5. The molecule has 3 aromatic rings. The molecule has 3 rings (SSSR count). The first-order valence-corrected chi connectivity index (χ1v) is 9.53. The van der Waals surface area contributed by atoms with Gasteiger partial charge in [-0.1, -0.05) is 23.7 Å². The summed E-state index contributed by atoms with van der Waals surface area (Å²) in [6, 6.07) is 12.7. The Kier molecular flexibility index (Phi) is 6.34. The standard InChI is InChI=1S/C22H22ClN3O3/c1-14-11-18(16(3)26(14)12-17-7-4-5-10-24-17)22(28)29-13-21(27)25-20-9-6-8-19(23)15(20)2/h4-11H,12-13H2,1-3H3,(H,25,27). The number of carbonyl (C=O) groups excluding carboxylic acids is 2. The molecule has 0 atom stereocenters. The number of esters is 1. The molecule has 0 aliphatic carbocycles. The van der Waals surface area contributed by atoms with E-state index in [9.17, 15) is 9.59 Å². The number of rotatable bonds is 6. The van der Waals surface area contributed by atoms with Gasteiger partial charge in [0.05, 0.1) is 17.8 Å². The summed E-state index contributed by atoms with van der Waals surface area (Å²) < 4.78 is 7.21. The van der Waals surface area contributed by atoms with Gasteiger partial charge in [0.1, 0.15) is 0 Å². The van der Waals surface area contributed by atoms with E-state index in [2.05, 4.69) is 10.3 Å². The highest BCUT2D eigenvalue weighted by Crippen LogP contribution is 2.23. The maximum absolute atomic E-state index is 12.5. The van der Waals surface area contributed by atoms with Crippen molar-refractivity contribution in [3.8, 4) is 0 Å². The van der Waals surface area contributed by atoms with E-state index in [-0.39, 0.29) is 6.61 Å². The van der Waals surface area contributed by atoms with Crippen LogP contribution in [-0.2, 0) is 16.1 Å². The molecule has 150 valence electrons. The first-order valence-electron chi connectivity index (χ1n) is 9.15. The van der Waals surface area contributed by atoms with E-state index in [4.69, 9.17) is 16.3 Å². The molecule has 0 aliphatic heterocycles. The smallest absolute Gasteiger partial charge is 0.340 e. The molecule has 29 heavy (non-hydrogen) atoms. The maximum Gasteiger partial charge on any atom is 0.340 e. The molecule has 2 aromatic heterocycles. The number of ether oxygens (including phenoxy) is 1. The number of carbonyl (C=O) groups is 2. The summed E-state index contributed by atoms with van der Waals surface area (Å²) >= 11 is 6.05. The van der Waals surface area contributed by atoms with Gasteiger partial charge in [0, 0.05) is 28.3 Å². The van der Waals surface area contributed by atoms with Crippen LogP contribution in [-0.4, -0.2) is 28.0 Å². The lowest BCUT2D eigenvalue weighted by molar-refractivity contribution is -0.119. The van der Waals surface area contributed by atoms with Gasteiger partial charge < -0.3 is 14.6 Å². The van der Waals surface area contributed by atoms with Crippen LogP contribution in [0.2, 0.25) is 5.02 Å². The Balaban J connectivity index is 1.64. The van der Waals surface area contributed by atoms with Gasteiger partial charge in [-0.15, -0.1) is 0 Å². The minimum atomic E-state index is -0.539. The largest absolute Gasteiger partial charge is 0.452 e. The Morgan fingerprint density at radius 3 is 2.66 bits per heavy atom. The van der Waals surface area contributed by atoms with Crippen LogP contribution in [0.15, 0.2) is 48.7 Å². The highest BCUT2D eigenvalue weighted by Gasteiger charge is 2.18. The van der Waals surface area contributed by atoms with Gasteiger partial charge in [-0.05, 0) is 56.7 Å². The molecule has 7 heteroatoms. The van der Waals surface area contributed by atoms with Crippen molar-refractivity contribution in [1.29, 1.82) is 0 Å². The van der Waals surface area contributed by atoms with Crippen molar-refractivity contribution in [2.45, 2.75) is 27.3 Å². The van der Waals surface area contributed by atoms with E-state index < -0.39 is 11.9 Å². The fourth-order valence-corrected chi connectivity index (χ4v) is 3.22. The fourth-order valence-electron chi connectivity index (χ4n) is 3.04. The monoisotopic (exact) mass is 411 g/mol. The molecule has 0 bridgehead atoms. The number of halogens is 1. The third-order valence-electron chi connectivity index (χ3n) is 4.72. The molecule has 1 N–H and O–H groups in total. The van der Waals surface area contributed by atoms with Crippen molar-refractivity contribution < 1.29 is 14.3 Å². The van der Waals surface area contributed by atoms with Crippen molar-refractivity contribution in [1.82, 2.24) is 9.55 Å². The van der Waals surface area contributed by atoms with Crippen molar-refractivity contribution in [2.75, 3.05) is 11.9 Å². The zero-order chi connectivity index (χ0) is 21.0. The van der Waals surface area contributed by atoms with Crippen LogP contribution in [0.25, 0.3) is 0 Å². The minimum Gasteiger partial charge on any atom is -0.452 e. The molecule has 2 heterocycles. The molecule has 0 saturated heterocycles. The number of hydrogen-bond acceptors (Lipinski definition) is 4. The summed E-state index contributed by atoms with van der Waals surface area (Å²) in [4.78, 5) is 29.0. The van der Waals surface area contributed by atoms with Gasteiger partial charge in [-0.2, -0.15) is 0 Å². The molecule has 0 radical (unpaired) electrons. The average Bonchev–Trinajstić information content (AvgIpc) is 2.99. The molecule has 0 unspecified atom stereocenters. The van der Waals surface area contributed by atoms with E-state index in [0.29, 0.717) is 22.8 Å². The Bertz CT molecular complexity index is 1040. The Hall–Kier alpha value is -3.12. The zero-order valence-corrected chi connectivity index (χ0v) is 17.3. The highest BCUT2D eigenvalue weighted by atomic mass is 35.5. The topological polar surface area (TPSA) is 73.2 Å². The summed E-state index contributed by atoms with van der Waals surface area (Å²) in [5.41, 5.74) is 4.36. The zero-order valence-electron chi connectivity index (χ0n) is 16.5. The second-order valence-corrected chi connectivity index (χ2v) is 7.14. The summed E-state index contributed by atoms with van der Waals surface area (Å²) in [5.74, 6) is -0.964. The van der Waals surface area contributed by atoms with E-state index in [1.54, 1.807) is 37.4 Å². The second-order valence-electron chi connectivity index (χ2n) is 6.73. The van der Waals surface area contributed by atoms with Crippen LogP contribution in [0.1, 0.15) is 33.0 Å². The summed E-state index contributed by atoms with van der Waals surface area (Å²) in [7, 11) is 0. The first kappa shape index (κ1) is 20.6. The van der Waals surface area contributed by atoms with Crippen molar-refractivity contribution in [3.63, 3.8) is 0 Å². The number of benzene rings is 1. The Morgan fingerprint density at radius 2 is 1.93 bits per heavy atom. The van der Waals surface area contributed by atoms with Gasteiger partial charge in [0.25, 0.3) is 5.91 Å². The summed E-state index contributed by atoms with van der Waals surface area (Å²) in [6.07, 6.45) is 1.74. The van der Waals surface area contributed by atoms with Gasteiger partial charge in [-0.25, -0.2) is 4.79 Å². The van der Waals surface area contributed by atoms with Gasteiger partial charge >= 0.3 is 5.97 Å². The molecule has 1 aromatic carbocycles. The fraction of sp³-hybridized carbons (Fsp3) is 0.227. The average molecular weight is 412 g/mol. The molecule has 6 nitrogen and oxygen atoms in total. The van der Waals surface area contributed by atoms with E-state index in [0.717, 1.165) is 22.6 Å². The van der Waals surface area contributed by atoms with E-state index >= 15 is 0 Å². The van der Waals surface area contributed by atoms with Crippen molar-refractivity contribution in [2.24, 2.45) is 0 Å². The lowest BCUT2D eigenvalue weighted by Gasteiger charge is -2.10. The summed E-state index contributed by atoms with van der Waals surface area (Å²) in [6.45, 7) is 5.75. The lowest BCUT2D eigenvalue weighted by Crippen LogP contribution is -2.21. The molecule has 1 amide bonds. The number of aromatic nitrogens is 2. The number of pyridine rings is 1. The van der Waals surface area contributed by atoms with Crippen molar-refractivity contribution in [3.05, 3.63) is 81.9 Å². The predicted octanol–water partition coefficient (Wildman–Crippen LogP) is 4.31. The number of anilines is 1. The van der Waals surface area contributed by atoms with Crippen LogP contribution >= 0.6 is 11.6 Å². The number of hydrogen-bond donors (Lipinski definition) is 1. The van der Waals surface area contributed by atoms with Crippen LogP contribution in [0.4, 0.5) is 5.69 Å². The number of amides is 1. The lowest BCUT2D eigenvalue weighted by atomic mass is 10.2. The third kappa shape index (κ3) is 4.84. The van der Waals surface area contributed by atoms with Crippen LogP contribution < -0.4 is 5.32 Å². The molecule has 0 spiro atoms. The second kappa shape index (κ2) is 8.92. The number of aryl methyl sites for hydroxylation is 1. The van der Waals surface area contributed by atoms with E-state index in [1.165, 1.54) is 0 Å². The quantitative estimate of drug-likeness (QED) is 0.613. The predicted molar refractivity (Wildman–Crippen MR) is 112 cm³/mol. The molecular formula is C22H22ClN3O3. The van der Waals surface area contributed by atoms with Gasteiger partial charge in [-0.3, -0.25) is 9.78 Å².